The van der Waals surface area contributed by atoms with Crippen LogP contribution in [0.15, 0.2) is 83.9 Å². The molecule has 3 aromatic rings. The molecule has 0 unspecified atom stereocenters. The Morgan fingerprint density at radius 2 is 1.59 bits per heavy atom. The van der Waals surface area contributed by atoms with Gasteiger partial charge >= 0.3 is 0 Å². The van der Waals surface area contributed by atoms with Gasteiger partial charge in [-0.25, -0.2) is 8.42 Å². The summed E-state index contributed by atoms with van der Waals surface area (Å²) in [7, 11) is -3.74. The highest BCUT2D eigenvalue weighted by Gasteiger charge is 2.31. The maximum absolute atomic E-state index is 13.2. The molecule has 0 saturated carbocycles. The monoisotopic (exact) mass is 477 g/mol. The van der Waals surface area contributed by atoms with E-state index in [0.29, 0.717) is 18.7 Å². The van der Waals surface area contributed by atoms with E-state index in [4.69, 9.17) is 0 Å². The first-order valence-electron chi connectivity index (χ1n) is 11.2. The van der Waals surface area contributed by atoms with E-state index in [1.807, 2.05) is 60.7 Å². The second-order valence-corrected chi connectivity index (χ2v) is 9.97. The van der Waals surface area contributed by atoms with E-state index < -0.39 is 10.0 Å². The Kier molecular flexibility index (Phi) is 7.52. The van der Waals surface area contributed by atoms with Gasteiger partial charge in [0.05, 0.1) is 10.6 Å². The summed E-state index contributed by atoms with van der Waals surface area (Å²) >= 11 is 0. The van der Waals surface area contributed by atoms with E-state index in [2.05, 4.69) is 4.98 Å². The Bertz CT molecular complexity index is 1240. The summed E-state index contributed by atoms with van der Waals surface area (Å²) in [6, 6.07) is 22.1. The predicted octanol–water partition coefficient (Wildman–Crippen LogP) is 3.26. The van der Waals surface area contributed by atoms with E-state index >= 15 is 0 Å². The summed E-state index contributed by atoms with van der Waals surface area (Å²) in [5, 5.41) is 9.43. The number of carbonyl (C=O) groups excluding carboxylic acids is 1. The molecule has 1 N–H and O–H groups in total. The minimum absolute atomic E-state index is 0.0407. The normalized spacial score (nSPS) is 15.3. The largest absolute Gasteiger partial charge is 0.396 e. The van der Waals surface area contributed by atoms with Crippen molar-refractivity contribution in [2.75, 3.05) is 32.8 Å². The number of pyridine rings is 1. The van der Waals surface area contributed by atoms with E-state index in [9.17, 15) is 18.3 Å². The Labute approximate surface area is 200 Å². The number of piperazine rings is 1. The number of aromatic nitrogens is 1. The molecule has 1 aliphatic rings. The topological polar surface area (TPSA) is 90.8 Å². The maximum Gasteiger partial charge on any atom is 0.253 e. The third-order valence-corrected chi connectivity index (χ3v) is 7.80. The lowest BCUT2D eigenvalue weighted by Crippen LogP contribution is -2.50. The van der Waals surface area contributed by atoms with Gasteiger partial charge in [-0.2, -0.15) is 4.31 Å². The Balaban J connectivity index is 1.42. The molecule has 1 amide bonds. The van der Waals surface area contributed by atoms with Crippen LogP contribution in [-0.2, 0) is 10.0 Å². The second kappa shape index (κ2) is 10.7. The quantitative estimate of drug-likeness (QED) is 0.564. The van der Waals surface area contributed by atoms with Crippen molar-refractivity contribution in [3.8, 4) is 11.3 Å². The van der Waals surface area contributed by atoms with Crippen LogP contribution in [0.1, 0.15) is 22.3 Å². The fourth-order valence-corrected chi connectivity index (χ4v) is 5.53. The lowest BCUT2D eigenvalue weighted by Gasteiger charge is -2.34. The molecule has 0 spiro atoms. The van der Waals surface area contributed by atoms with Crippen molar-refractivity contribution in [1.82, 2.24) is 14.2 Å². The lowest BCUT2D eigenvalue weighted by molar-refractivity contribution is 0.0698. The molecule has 0 atom stereocenters. The molecule has 2 aromatic carbocycles. The molecule has 176 valence electrons. The number of carbonyl (C=O) groups is 1. The molecule has 1 aromatic heterocycles. The van der Waals surface area contributed by atoms with Gasteiger partial charge in [0.15, 0.2) is 0 Å². The van der Waals surface area contributed by atoms with E-state index in [1.165, 1.54) is 4.31 Å². The van der Waals surface area contributed by atoms with Gasteiger partial charge in [-0.1, -0.05) is 48.5 Å². The van der Waals surface area contributed by atoms with Crippen LogP contribution >= 0.6 is 0 Å². The van der Waals surface area contributed by atoms with Gasteiger partial charge in [-0.15, -0.1) is 0 Å². The highest BCUT2D eigenvalue weighted by atomic mass is 32.2. The number of aliphatic hydroxyl groups excluding tert-OH is 1. The number of nitrogens with zero attached hydrogens (tertiary/aromatic N) is 3. The summed E-state index contributed by atoms with van der Waals surface area (Å²) in [4.78, 5) is 19.1. The van der Waals surface area contributed by atoms with Crippen LogP contribution < -0.4 is 0 Å². The average Bonchev–Trinajstić information content (AvgIpc) is 2.89. The van der Waals surface area contributed by atoms with Gasteiger partial charge in [0, 0.05) is 56.5 Å². The van der Waals surface area contributed by atoms with E-state index in [1.54, 1.807) is 29.3 Å². The number of benzene rings is 2. The summed E-state index contributed by atoms with van der Waals surface area (Å²) in [6.07, 6.45) is 3.37. The molecular formula is C26H27N3O4S. The van der Waals surface area contributed by atoms with Crippen molar-refractivity contribution in [2.24, 2.45) is 0 Å². The van der Waals surface area contributed by atoms with Gasteiger partial charge in [0.1, 0.15) is 0 Å². The molecule has 7 nitrogen and oxygen atoms in total. The van der Waals surface area contributed by atoms with Crippen LogP contribution in [-0.4, -0.2) is 66.4 Å². The van der Waals surface area contributed by atoms with Crippen molar-refractivity contribution >= 4 is 22.0 Å². The van der Waals surface area contributed by atoms with Gasteiger partial charge in [0.25, 0.3) is 5.91 Å². The zero-order chi connectivity index (χ0) is 24.0. The first-order valence-corrected chi connectivity index (χ1v) is 12.6. The Morgan fingerprint density at radius 3 is 2.21 bits per heavy atom. The van der Waals surface area contributed by atoms with Crippen LogP contribution in [0.2, 0.25) is 0 Å². The zero-order valence-electron chi connectivity index (χ0n) is 18.7. The van der Waals surface area contributed by atoms with E-state index in [0.717, 1.165) is 16.8 Å². The molecule has 8 heteroatoms. The van der Waals surface area contributed by atoms with Crippen LogP contribution in [0.5, 0.6) is 0 Å². The fourth-order valence-electron chi connectivity index (χ4n) is 3.92. The number of hydrogen-bond acceptors (Lipinski definition) is 5. The maximum atomic E-state index is 13.2. The van der Waals surface area contributed by atoms with Crippen molar-refractivity contribution < 1.29 is 18.3 Å². The molecule has 0 radical (unpaired) electrons. The zero-order valence-corrected chi connectivity index (χ0v) is 19.6. The molecule has 1 fully saturated rings. The summed E-state index contributed by atoms with van der Waals surface area (Å²) < 4.78 is 27.9. The van der Waals surface area contributed by atoms with Crippen LogP contribution in [0.4, 0.5) is 0 Å². The molecule has 0 aliphatic carbocycles. The van der Waals surface area contributed by atoms with Crippen LogP contribution in [0.25, 0.3) is 17.3 Å². The molecule has 2 heterocycles. The highest BCUT2D eigenvalue weighted by Crippen LogP contribution is 2.23. The first-order chi connectivity index (χ1) is 16.5. The second-order valence-electron chi connectivity index (χ2n) is 7.98. The van der Waals surface area contributed by atoms with Gasteiger partial charge in [-0.05, 0) is 35.9 Å². The van der Waals surface area contributed by atoms with E-state index in [-0.39, 0.29) is 36.9 Å². The summed E-state index contributed by atoms with van der Waals surface area (Å²) in [6.45, 7) is 0.760. The van der Waals surface area contributed by atoms with Crippen molar-refractivity contribution in [1.29, 1.82) is 0 Å². The summed E-state index contributed by atoms with van der Waals surface area (Å²) in [5.74, 6) is -0.125. The fraction of sp³-hybridized carbons (Fsp3) is 0.231. The SMILES string of the molecule is O=C(c1ccc(-c2ccccn2)cc1)N1CCN(S(=O)(=O)/C(=C/c2ccccc2)CCO)CC1. The minimum atomic E-state index is -3.74. The third-order valence-electron chi connectivity index (χ3n) is 5.78. The third kappa shape index (κ3) is 5.41. The molecule has 1 aliphatic heterocycles. The van der Waals surface area contributed by atoms with Gasteiger partial charge < -0.3 is 10.0 Å². The summed E-state index contributed by atoms with van der Waals surface area (Å²) in [5.41, 5.74) is 3.08. The molecule has 0 bridgehead atoms. The Morgan fingerprint density at radius 1 is 0.912 bits per heavy atom. The van der Waals surface area contributed by atoms with Crippen molar-refractivity contribution in [3.63, 3.8) is 0 Å². The Hall–Kier alpha value is -3.33. The lowest BCUT2D eigenvalue weighted by atomic mass is 10.1. The number of aliphatic hydroxyl groups is 1. The predicted molar refractivity (Wildman–Crippen MR) is 132 cm³/mol. The highest BCUT2D eigenvalue weighted by molar-refractivity contribution is 7.93. The van der Waals surface area contributed by atoms with Crippen LogP contribution in [0.3, 0.4) is 0 Å². The number of amides is 1. The first kappa shape index (κ1) is 23.8. The van der Waals surface area contributed by atoms with Gasteiger partial charge in [-0.3, -0.25) is 9.78 Å². The molecule has 34 heavy (non-hydrogen) atoms. The number of hydrogen-bond donors (Lipinski definition) is 1. The molecule has 1 saturated heterocycles. The minimum Gasteiger partial charge on any atom is -0.396 e. The molecule has 4 rings (SSSR count). The number of rotatable bonds is 7. The van der Waals surface area contributed by atoms with Crippen molar-refractivity contribution in [3.05, 3.63) is 95.0 Å². The molecular weight excluding hydrogens is 450 g/mol. The smallest absolute Gasteiger partial charge is 0.253 e. The number of sulfonamides is 1. The standard InChI is InChI=1S/C26H27N3O4S/c30-19-13-24(20-21-6-2-1-3-7-21)34(32,33)29-17-15-28(16-18-29)26(31)23-11-9-22(10-12-23)25-8-4-5-14-27-25/h1-12,14,20,30H,13,15-19H2/b24-20+. The van der Waals surface area contributed by atoms with Crippen molar-refractivity contribution in [2.45, 2.75) is 6.42 Å². The van der Waals surface area contributed by atoms with Gasteiger partial charge in [0.2, 0.25) is 10.0 Å². The van der Waals surface area contributed by atoms with Crippen LogP contribution in [0, 0.1) is 0 Å². The average molecular weight is 478 g/mol.